The molecule has 0 atom stereocenters. The lowest BCUT2D eigenvalue weighted by atomic mass is 10.1. The van der Waals surface area contributed by atoms with Crippen LogP contribution in [-0.4, -0.2) is 21.2 Å². The lowest BCUT2D eigenvalue weighted by molar-refractivity contribution is 0.414. The monoisotopic (exact) mass is 423 g/mol. The van der Waals surface area contributed by atoms with Gasteiger partial charge in [0.2, 0.25) is 0 Å². The van der Waals surface area contributed by atoms with Gasteiger partial charge in [-0.05, 0) is 61.4 Å². The Balaban J connectivity index is 1.76. The van der Waals surface area contributed by atoms with Crippen molar-refractivity contribution in [2.75, 3.05) is 7.11 Å². The summed E-state index contributed by atoms with van der Waals surface area (Å²) in [5, 5.41) is 0.792. The van der Waals surface area contributed by atoms with Gasteiger partial charge in [-0.1, -0.05) is 18.2 Å². The van der Waals surface area contributed by atoms with Gasteiger partial charge in [0, 0.05) is 18.5 Å². The maximum absolute atomic E-state index is 13.4. The summed E-state index contributed by atoms with van der Waals surface area (Å²) in [5.74, 6) is 0.655. The van der Waals surface area contributed by atoms with Crippen molar-refractivity contribution in [2.45, 2.75) is 13.8 Å². The lowest BCUT2D eigenvalue weighted by Gasteiger charge is -2.12. The van der Waals surface area contributed by atoms with Gasteiger partial charge >= 0.3 is 0 Å². The summed E-state index contributed by atoms with van der Waals surface area (Å²) < 4.78 is 8.42. The third-order valence-electron chi connectivity index (χ3n) is 5.70. The number of benzene rings is 2. The molecule has 3 aromatic heterocycles. The molecule has 0 aliphatic rings. The van der Waals surface area contributed by atoms with Gasteiger partial charge in [-0.15, -0.1) is 0 Å². The maximum atomic E-state index is 13.4. The maximum Gasteiger partial charge on any atom is 0.264 e. The second-order valence-corrected chi connectivity index (χ2v) is 7.83. The van der Waals surface area contributed by atoms with Crippen LogP contribution in [0.3, 0.4) is 0 Å². The van der Waals surface area contributed by atoms with Crippen molar-refractivity contribution in [3.05, 3.63) is 105 Å². The van der Waals surface area contributed by atoms with Crippen LogP contribution in [0.5, 0.6) is 5.75 Å². The molecular formula is C26H21N3O3. The average molecular weight is 423 g/mol. The molecule has 5 rings (SSSR count). The van der Waals surface area contributed by atoms with Gasteiger partial charge in [0.05, 0.1) is 40.3 Å². The number of hydrogen-bond acceptors (Lipinski definition) is 4. The highest BCUT2D eigenvalue weighted by molar-refractivity contribution is 5.91. The minimum Gasteiger partial charge on any atom is -0.497 e. The van der Waals surface area contributed by atoms with Crippen LogP contribution in [0.25, 0.3) is 33.2 Å². The Morgan fingerprint density at radius 1 is 0.781 bits per heavy atom. The van der Waals surface area contributed by atoms with E-state index < -0.39 is 0 Å². The van der Waals surface area contributed by atoms with Gasteiger partial charge in [0.15, 0.2) is 0 Å². The number of aromatic nitrogens is 3. The fourth-order valence-corrected chi connectivity index (χ4v) is 3.96. The Bertz CT molecular complexity index is 1630. The summed E-state index contributed by atoms with van der Waals surface area (Å²) in [6.07, 6.45) is 3.43. The minimum absolute atomic E-state index is 0.207. The topological polar surface area (TPSA) is 66.1 Å². The summed E-state index contributed by atoms with van der Waals surface area (Å²) in [6.45, 7) is 3.96. The third kappa shape index (κ3) is 3.17. The zero-order chi connectivity index (χ0) is 22.4. The van der Waals surface area contributed by atoms with Crippen LogP contribution in [0.4, 0.5) is 0 Å². The third-order valence-corrected chi connectivity index (χ3v) is 5.70. The smallest absolute Gasteiger partial charge is 0.264 e. The molecule has 0 radical (unpaired) electrons. The van der Waals surface area contributed by atoms with Crippen LogP contribution in [0.15, 0.2) is 82.6 Å². The van der Waals surface area contributed by atoms with Crippen molar-refractivity contribution in [1.82, 2.24) is 14.1 Å². The van der Waals surface area contributed by atoms with E-state index >= 15 is 0 Å². The van der Waals surface area contributed by atoms with Crippen LogP contribution < -0.4 is 15.9 Å². The molecule has 0 bridgehead atoms. The van der Waals surface area contributed by atoms with E-state index in [1.54, 1.807) is 42.3 Å². The van der Waals surface area contributed by atoms with Gasteiger partial charge in [0.25, 0.3) is 11.1 Å². The number of nitrogens with zero attached hydrogens (tertiary/aromatic N) is 3. The van der Waals surface area contributed by atoms with E-state index in [4.69, 9.17) is 4.74 Å². The number of methoxy groups -OCH3 is 1. The first-order chi connectivity index (χ1) is 15.5. The normalized spacial score (nSPS) is 11.2. The van der Waals surface area contributed by atoms with E-state index in [0.717, 1.165) is 16.8 Å². The first kappa shape index (κ1) is 19.8. The fraction of sp³-hybridized carbons (Fsp3) is 0.115. The Kier molecular flexibility index (Phi) is 4.63. The molecule has 158 valence electrons. The second kappa shape index (κ2) is 7.50. The van der Waals surface area contributed by atoms with E-state index in [1.807, 2.05) is 56.3 Å². The van der Waals surface area contributed by atoms with E-state index in [1.165, 1.54) is 4.57 Å². The number of aryl methyl sites for hydroxylation is 2. The highest BCUT2D eigenvalue weighted by Gasteiger charge is 2.12. The van der Waals surface area contributed by atoms with Crippen molar-refractivity contribution >= 4 is 21.8 Å². The highest BCUT2D eigenvalue weighted by Crippen LogP contribution is 2.20. The quantitative estimate of drug-likeness (QED) is 0.406. The van der Waals surface area contributed by atoms with Crippen molar-refractivity contribution in [3.63, 3.8) is 0 Å². The minimum atomic E-state index is -0.244. The molecule has 0 aliphatic heterocycles. The Morgan fingerprint density at radius 3 is 2.19 bits per heavy atom. The van der Waals surface area contributed by atoms with Crippen molar-refractivity contribution < 1.29 is 4.74 Å². The zero-order valence-corrected chi connectivity index (χ0v) is 18.0. The second-order valence-electron chi connectivity index (χ2n) is 7.83. The summed E-state index contributed by atoms with van der Waals surface area (Å²) in [4.78, 5) is 31.3. The number of fused-ring (bicyclic) bond motifs is 2. The summed E-state index contributed by atoms with van der Waals surface area (Å²) in [6, 6.07) is 18.5. The molecule has 0 aliphatic carbocycles. The largest absolute Gasteiger partial charge is 0.497 e. The van der Waals surface area contributed by atoms with E-state index in [9.17, 15) is 9.59 Å². The van der Waals surface area contributed by atoms with Gasteiger partial charge in [0.1, 0.15) is 5.75 Å². The molecule has 6 nitrogen and oxygen atoms in total. The summed E-state index contributed by atoms with van der Waals surface area (Å²) >= 11 is 0. The number of ether oxygens (including phenoxy) is 1. The fourth-order valence-electron chi connectivity index (χ4n) is 3.96. The Hall–Kier alpha value is -4.19. The van der Waals surface area contributed by atoms with Gasteiger partial charge in [-0.3, -0.25) is 18.7 Å². The molecule has 32 heavy (non-hydrogen) atoms. The zero-order valence-electron chi connectivity index (χ0n) is 18.0. The van der Waals surface area contributed by atoms with Gasteiger partial charge in [-0.2, -0.15) is 0 Å². The van der Waals surface area contributed by atoms with Crippen LogP contribution in [-0.2, 0) is 0 Å². The molecule has 6 heteroatoms. The van der Waals surface area contributed by atoms with Crippen molar-refractivity contribution in [3.8, 4) is 17.1 Å². The highest BCUT2D eigenvalue weighted by atomic mass is 16.5. The van der Waals surface area contributed by atoms with Crippen LogP contribution in [0.1, 0.15) is 11.1 Å². The predicted octanol–water partition coefficient (Wildman–Crippen LogP) is 4.32. The first-order valence-electron chi connectivity index (χ1n) is 10.3. The van der Waals surface area contributed by atoms with Crippen LogP contribution in [0.2, 0.25) is 0 Å². The van der Waals surface area contributed by atoms with Crippen molar-refractivity contribution in [1.29, 1.82) is 0 Å². The number of hydrogen-bond donors (Lipinski definition) is 0. The van der Waals surface area contributed by atoms with E-state index in [2.05, 4.69) is 4.98 Å². The van der Waals surface area contributed by atoms with Gasteiger partial charge < -0.3 is 4.74 Å². The lowest BCUT2D eigenvalue weighted by Crippen LogP contribution is -2.21. The summed E-state index contributed by atoms with van der Waals surface area (Å²) in [7, 11) is 1.58. The molecule has 5 aromatic rings. The Labute approximate surface area is 184 Å². The molecule has 0 amide bonds. The average Bonchev–Trinajstić information content (AvgIpc) is 2.81. The SMILES string of the molecule is COc1cccc(-n2ccc3nc4ccn(-c5cc(C)ccc5C)c(=O)c4cc3c2=O)c1. The molecule has 0 fully saturated rings. The van der Waals surface area contributed by atoms with Crippen molar-refractivity contribution in [2.24, 2.45) is 0 Å². The molecule has 0 N–H and O–H groups in total. The molecule has 0 unspecified atom stereocenters. The standard InChI is InChI=1S/C26H21N3O3/c1-16-7-8-17(2)24(13-16)29-12-10-23-21(26(29)31)15-20-22(27-23)9-11-28(25(20)30)18-5-4-6-19(14-18)32-3/h4-15H,1-3H3. The van der Waals surface area contributed by atoms with Crippen LogP contribution in [0, 0.1) is 13.8 Å². The van der Waals surface area contributed by atoms with Crippen LogP contribution >= 0.6 is 0 Å². The Morgan fingerprint density at radius 2 is 1.47 bits per heavy atom. The van der Waals surface area contributed by atoms with Gasteiger partial charge in [-0.25, -0.2) is 4.98 Å². The molecule has 0 spiro atoms. The molecule has 0 saturated heterocycles. The summed E-state index contributed by atoms with van der Waals surface area (Å²) in [5.41, 5.74) is 4.21. The molecule has 2 aromatic carbocycles. The number of rotatable bonds is 3. The number of pyridine rings is 3. The molecule has 0 saturated carbocycles. The van der Waals surface area contributed by atoms with E-state index in [-0.39, 0.29) is 11.1 Å². The molecular weight excluding hydrogens is 402 g/mol. The first-order valence-corrected chi connectivity index (χ1v) is 10.3. The van der Waals surface area contributed by atoms with E-state index in [0.29, 0.717) is 33.2 Å². The predicted molar refractivity (Wildman–Crippen MR) is 126 cm³/mol. The molecule has 3 heterocycles.